The van der Waals surface area contributed by atoms with E-state index in [9.17, 15) is 15.0 Å². The van der Waals surface area contributed by atoms with Gasteiger partial charge < -0.3 is 29.6 Å². The predicted molar refractivity (Wildman–Crippen MR) is 172 cm³/mol. The van der Waals surface area contributed by atoms with Crippen LogP contribution in [0.5, 0.6) is 6.01 Å². The normalized spacial score (nSPS) is 19.1. The maximum atomic E-state index is 12.2. The van der Waals surface area contributed by atoms with Crippen LogP contribution in [-0.4, -0.2) is 108 Å². The Balaban J connectivity index is 1.27. The number of hydrogen-bond donors (Lipinski definition) is 2. The minimum atomic E-state index is -0.155. The van der Waals surface area contributed by atoms with Crippen LogP contribution < -0.4 is 14.5 Å². The minimum absolute atomic E-state index is 0.0315. The van der Waals surface area contributed by atoms with Crippen molar-refractivity contribution in [3.63, 3.8) is 0 Å². The van der Waals surface area contributed by atoms with E-state index in [1.165, 1.54) is 28.1 Å². The first kappa shape index (κ1) is 30.3. The number of anilines is 2. The summed E-state index contributed by atoms with van der Waals surface area (Å²) in [5.41, 5.74) is 4.61. The number of fused-ring (bicyclic) bond motifs is 2. The quantitative estimate of drug-likeness (QED) is 0.340. The predicted octanol–water partition coefficient (Wildman–Crippen LogP) is 2.78. The fraction of sp³-hybridized carbons (Fsp3) is 0.500. The molecule has 6 rings (SSSR count). The van der Waals surface area contributed by atoms with Crippen LogP contribution in [0.25, 0.3) is 10.8 Å². The monoisotopic (exact) mass is 600 g/mol. The highest BCUT2D eigenvalue weighted by Gasteiger charge is 2.31. The van der Waals surface area contributed by atoms with Gasteiger partial charge in [-0.2, -0.15) is 9.97 Å². The second kappa shape index (κ2) is 13.5. The third-order valence-corrected chi connectivity index (χ3v) is 9.43. The van der Waals surface area contributed by atoms with Crippen LogP contribution in [0.3, 0.4) is 0 Å². The zero-order valence-corrected chi connectivity index (χ0v) is 25.7. The van der Waals surface area contributed by atoms with Crippen molar-refractivity contribution >= 4 is 28.2 Å². The molecule has 3 aromatic rings. The van der Waals surface area contributed by atoms with Gasteiger partial charge in [-0.15, -0.1) is 0 Å². The van der Waals surface area contributed by atoms with Gasteiger partial charge in [0.1, 0.15) is 12.4 Å². The highest BCUT2D eigenvalue weighted by atomic mass is 16.5. The number of carbonyl (C=O) groups is 1. The fourth-order valence-electron chi connectivity index (χ4n) is 6.96. The summed E-state index contributed by atoms with van der Waals surface area (Å²) in [6, 6.07) is 13.5. The highest BCUT2D eigenvalue weighted by molar-refractivity contribution is 5.97. The maximum absolute atomic E-state index is 12.2. The summed E-state index contributed by atoms with van der Waals surface area (Å²) in [4.78, 5) is 31.1. The Labute approximate surface area is 259 Å². The van der Waals surface area contributed by atoms with E-state index in [4.69, 9.17) is 14.7 Å². The Morgan fingerprint density at radius 2 is 1.82 bits per heavy atom. The Morgan fingerprint density at radius 1 is 1.05 bits per heavy atom. The molecule has 2 N–H and O–H groups in total. The molecule has 3 aliphatic heterocycles. The Morgan fingerprint density at radius 3 is 2.57 bits per heavy atom. The summed E-state index contributed by atoms with van der Waals surface area (Å²) in [6.45, 7) is 11.9. The molecular formula is C34H44N6O4. The molecule has 2 saturated heterocycles. The van der Waals surface area contributed by atoms with Crippen molar-refractivity contribution in [3.8, 4) is 6.01 Å². The Kier molecular flexibility index (Phi) is 9.30. The van der Waals surface area contributed by atoms with Crippen molar-refractivity contribution in [1.29, 1.82) is 0 Å². The molecule has 2 fully saturated rings. The lowest BCUT2D eigenvalue weighted by atomic mass is 9.99. The topological polar surface area (TPSA) is 106 Å². The third kappa shape index (κ3) is 6.24. The first-order valence-electron chi connectivity index (χ1n) is 15.9. The van der Waals surface area contributed by atoms with E-state index in [-0.39, 0.29) is 31.1 Å². The average molecular weight is 601 g/mol. The standard InChI is InChI=1S/C34H44N6O4/c1-3-31(43)37-15-17-38(18-16-37)33-28-12-14-40(30-11-5-9-26-8-4-7-24(2)32(26)30)20-29(28)35-34(36-33)44-23-27-10-6-13-39(27)19-25(21-41)22-42/h3-5,7-9,11,25,27,41-42H,1,6,10,12-23H2,2H3. The fourth-order valence-corrected chi connectivity index (χ4v) is 6.96. The summed E-state index contributed by atoms with van der Waals surface area (Å²) in [5, 5.41) is 21.7. The SMILES string of the molecule is C=CC(=O)N1CCN(c2nc(OCC3CCCN3CC(CO)CO)nc3c2CCN(c2cccc4cccc(C)c24)C3)CC1. The molecule has 3 aliphatic rings. The molecule has 234 valence electrons. The maximum Gasteiger partial charge on any atom is 0.318 e. The van der Waals surface area contributed by atoms with Gasteiger partial charge in [-0.1, -0.05) is 36.9 Å². The van der Waals surface area contributed by atoms with Crippen molar-refractivity contribution < 1.29 is 19.7 Å². The van der Waals surface area contributed by atoms with Gasteiger partial charge in [0.15, 0.2) is 0 Å². The van der Waals surface area contributed by atoms with Crippen LogP contribution >= 0.6 is 0 Å². The lowest BCUT2D eigenvalue weighted by Crippen LogP contribution is -2.49. The number of amides is 1. The number of aromatic nitrogens is 2. The molecule has 0 saturated carbocycles. The van der Waals surface area contributed by atoms with Crippen molar-refractivity contribution in [2.75, 3.05) is 75.4 Å². The van der Waals surface area contributed by atoms with Crippen LogP contribution in [-0.2, 0) is 17.8 Å². The number of rotatable bonds is 10. The van der Waals surface area contributed by atoms with E-state index < -0.39 is 0 Å². The smallest absolute Gasteiger partial charge is 0.318 e. The first-order valence-corrected chi connectivity index (χ1v) is 15.9. The number of aliphatic hydroxyl groups excluding tert-OH is 2. The number of benzene rings is 2. The van der Waals surface area contributed by atoms with E-state index in [1.807, 2.05) is 4.90 Å². The van der Waals surface area contributed by atoms with Crippen LogP contribution in [0, 0.1) is 12.8 Å². The number of aliphatic hydroxyl groups is 2. The van der Waals surface area contributed by atoms with Gasteiger partial charge in [0.2, 0.25) is 5.91 Å². The van der Waals surface area contributed by atoms with Crippen molar-refractivity contribution in [1.82, 2.24) is 19.8 Å². The van der Waals surface area contributed by atoms with E-state index in [2.05, 4.69) is 64.6 Å². The number of ether oxygens (including phenoxy) is 1. The highest BCUT2D eigenvalue weighted by Crippen LogP contribution is 2.35. The molecule has 44 heavy (non-hydrogen) atoms. The van der Waals surface area contributed by atoms with E-state index in [1.54, 1.807) is 0 Å². The zero-order valence-electron chi connectivity index (χ0n) is 25.7. The number of nitrogens with zero attached hydrogens (tertiary/aromatic N) is 6. The molecule has 0 spiro atoms. The van der Waals surface area contributed by atoms with Gasteiger partial charge in [-0.3, -0.25) is 9.69 Å². The summed E-state index contributed by atoms with van der Waals surface area (Å²) < 4.78 is 6.36. The van der Waals surface area contributed by atoms with E-state index >= 15 is 0 Å². The molecule has 0 aliphatic carbocycles. The van der Waals surface area contributed by atoms with Crippen LogP contribution in [0.15, 0.2) is 49.1 Å². The van der Waals surface area contributed by atoms with Gasteiger partial charge in [0, 0.05) is 81.1 Å². The van der Waals surface area contributed by atoms with Crippen LogP contribution in [0.2, 0.25) is 0 Å². The number of carbonyl (C=O) groups excluding carboxylic acids is 1. The molecular weight excluding hydrogens is 556 g/mol. The molecule has 2 aromatic carbocycles. The lowest BCUT2D eigenvalue weighted by molar-refractivity contribution is -0.126. The Bertz CT molecular complexity index is 1480. The van der Waals surface area contributed by atoms with Crippen LogP contribution in [0.1, 0.15) is 29.7 Å². The lowest BCUT2D eigenvalue weighted by Gasteiger charge is -2.38. The molecule has 1 aromatic heterocycles. The summed E-state index contributed by atoms with van der Waals surface area (Å²) >= 11 is 0. The second-order valence-corrected chi connectivity index (χ2v) is 12.2. The summed E-state index contributed by atoms with van der Waals surface area (Å²) in [6.07, 6.45) is 4.25. The number of aryl methyl sites for hydroxylation is 1. The zero-order chi connectivity index (χ0) is 30.6. The molecule has 1 atom stereocenters. The van der Waals surface area contributed by atoms with Gasteiger partial charge in [0.25, 0.3) is 0 Å². The van der Waals surface area contributed by atoms with Crippen molar-refractivity contribution in [2.45, 2.75) is 38.8 Å². The Hall–Kier alpha value is -3.73. The molecule has 0 bridgehead atoms. The molecule has 0 radical (unpaired) electrons. The third-order valence-electron chi connectivity index (χ3n) is 9.43. The largest absolute Gasteiger partial charge is 0.462 e. The average Bonchev–Trinajstić information content (AvgIpc) is 3.51. The number of likely N-dealkylation sites (tertiary alicyclic amines) is 1. The van der Waals surface area contributed by atoms with Gasteiger partial charge in [-0.25, -0.2) is 0 Å². The first-order chi connectivity index (χ1) is 21.5. The molecule has 4 heterocycles. The van der Waals surface area contributed by atoms with E-state index in [0.29, 0.717) is 51.9 Å². The second-order valence-electron chi connectivity index (χ2n) is 12.2. The summed E-state index contributed by atoms with van der Waals surface area (Å²) in [7, 11) is 0. The number of hydrogen-bond acceptors (Lipinski definition) is 9. The molecule has 10 heteroatoms. The van der Waals surface area contributed by atoms with Crippen molar-refractivity contribution in [3.05, 3.63) is 65.9 Å². The molecule has 1 unspecified atom stereocenters. The summed E-state index contributed by atoms with van der Waals surface area (Å²) in [5.74, 6) is 0.719. The van der Waals surface area contributed by atoms with Gasteiger partial charge in [-0.05, 0) is 55.8 Å². The number of piperazine rings is 1. The van der Waals surface area contributed by atoms with Crippen LogP contribution in [0.4, 0.5) is 11.5 Å². The molecule has 1 amide bonds. The van der Waals surface area contributed by atoms with E-state index in [0.717, 1.165) is 49.4 Å². The van der Waals surface area contributed by atoms with Gasteiger partial charge >= 0.3 is 6.01 Å². The molecule has 10 nitrogen and oxygen atoms in total. The van der Waals surface area contributed by atoms with Gasteiger partial charge in [0.05, 0.1) is 12.2 Å². The van der Waals surface area contributed by atoms with Crippen molar-refractivity contribution in [2.24, 2.45) is 5.92 Å². The minimum Gasteiger partial charge on any atom is -0.462 e.